The number of carbonyl (C=O) groups excluding carboxylic acids is 1. The minimum atomic E-state index is -0.714. The van der Waals surface area contributed by atoms with Crippen molar-refractivity contribution in [1.29, 1.82) is 0 Å². The third-order valence-electron chi connectivity index (χ3n) is 4.08. The summed E-state index contributed by atoms with van der Waals surface area (Å²) in [6.45, 7) is 5.07. The van der Waals surface area contributed by atoms with Gasteiger partial charge in [-0.15, -0.1) is 0 Å². The minimum Gasteiger partial charge on any atom is -0.481 e. The highest BCUT2D eigenvalue weighted by Gasteiger charge is 2.31. The molecule has 1 N–H and O–H groups in total. The van der Waals surface area contributed by atoms with Crippen molar-refractivity contribution < 1.29 is 14.7 Å². The van der Waals surface area contributed by atoms with Crippen LogP contribution in [0.5, 0.6) is 0 Å². The number of amides is 1. The normalized spacial score (nSPS) is 25.5. The molecule has 1 unspecified atom stereocenters. The number of nitrogens with zero attached hydrogens (tertiary/aromatic N) is 1. The average Bonchev–Trinajstić information content (AvgIpc) is 2.37. The lowest BCUT2D eigenvalue weighted by molar-refractivity contribution is -0.145. The smallest absolute Gasteiger partial charge is 0.306 e. The Kier molecular flexibility index (Phi) is 5.63. The van der Waals surface area contributed by atoms with Crippen LogP contribution in [0.1, 0.15) is 46.0 Å². The first-order valence-corrected chi connectivity index (χ1v) is 6.93. The molecule has 1 atom stereocenters. The number of carbonyl (C=O) groups is 2. The summed E-state index contributed by atoms with van der Waals surface area (Å²) in [7, 11) is 1.86. The van der Waals surface area contributed by atoms with Crippen LogP contribution in [0, 0.1) is 17.8 Å². The number of hydrogen-bond donors (Lipinski definition) is 1. The molecule has 1 aliphatic carbocycles. The summed E-state index contributed by atoms with van der Waals surface area (Å²) in [5.41, 5.74) is 0. The summed E-state index contributed by atoms with van der Waals surface area (Å²) in [6, 6.07) is 0. The van der Waals surface area contributed by atoms with Gasteiger partial charge < -0.3 is 10.0 Å². The van der Waals surface area contributed by atoms with Crippen LogP contribution in [0.15, 0.2) is 0 Å². The van der Waals surface area contributed by atoms with Crippen LogP contribution in [-0.2, 0) is 9.59 Å². The summed E-state index contributed by atoms with van der Waals surface area (Å²) in [5.74, 6) is -0.203. The van der Waals surface area contributed by atoms with Gasteiger partial charge in [0.25, 0.3) is 0 Å². The highest BCUT2D eigenvalue weighted by molar-refractivity contribution is 5.79. The second-order valence-corrected chi connectivity index (χ2v) is 5.62. The lowest BCUT2D eigenvalue weighted by atomic mass is 9.81. The van der Waals surface area contributed by atoms with Crippen molar-refractivity contribution in [3.63, 3.8) is 0 Å². The standard InChI is InChI=1S/C14H25NO3/c1-4-10(2)9-15(3)13(16)11-5-7-12(8-6-11)14(17)18/h10-12H,4-9H2,1-3H3,(H,17,18). The Labute approximate surface area is 109 Å². The third-order valence-corrected chi connectivity index (χ3v) is 4.08. The molecule has 1 fully saturated rings. The van der Waals surface area contributed by atoms with Crippen LogP contribution in [0.2, 0.25) is 0 Å². The molecule has 1 amide bonds. The molecule has 0 saturated heterocycles. The van der Waals surface area contributed by atoms with Crippen LogP contribution < -0.4 is 0 Å². The van der Waals surface area contributed by atoms with Gasteiger partial charge in [0.2, 0.25) is 5.91 Å². The molecule has 0 spiro atoms. The lowest BCUT2D eigenvalue weighted by Gasteiger charge is -2.30. The van der Waals surface area contributed by atoms with Gasteiger partial charge in [-0.1, -0.05) is 20.3 Å². The Morgan fingerprint density at radius 3 is 2.17 bits per heavy atom. The van der Waals surface area contributed by atoms with E-state index in [9.17, 15) is 9.59 Å². The zero-order chi connectivity index (χ0) is 13.7. The van der Waals surface area contributed by atoms with Gasteiger partial charge in [0, 0.05) is 19.5 Å². The van der Waals surface area contributed by atoms with Crippen LogP contribution in [0.3, 0.4) is 0 Å². The Balaban J connectivity index is 2.42. The molecule has 0 bridgehead atoms. The number of aliphatic carboxylic acids is 1. The number of rotatable bonds is 5. The fraction of sp³-hybridized carbons (Fsp3) is 0.857. The molecule has 1 aliphatic rings. The van der Waals surface area contributed by atoms with Gasteiger partial charge in [-0.3, -0.25) is 9.59 Å². The van der Waals surface area contributed by atoms with Gasteiger partial charge in [0.15, 0.2) is 0 Å². The monoisotopic (exact) mass is 255 g/mol. The average molecular weight is 255 g/mol. The zero-order valence-corrected chi connectivity index (χ0v) is 11.7. The molecule has 4 heteroatoms. The van der Waals surface area contributed by atoms with Crippen molar-refractivity contribution in [2.45, 2.75) is 46.0 Å². The summed E-state index contributed by atoms with van der Waals surface area (Å²) >= 11 is 0. The van der Waals surface area contributed by atoms with Gasteiger partial charge in [-0.25, -0.2) is 0 Å². The van der Waals surface area contributed by atoms with Gasteiger partial charge in [0.05, 0.1) is 5.92 Å². The number of hydrogen-bond acceptors (Lipinski definition) is 2. The van der Waals surface area contributed by atoms with Crippen LogP contribution in [0.25, 0.3) is 0 Å². The maximum Gasteiger partial charge on any atom is 0.306 e. The first-order chi connectivity index (χ1) is 8.45. The van der Waals surface area contributed by atoms with E-state index in [-0.39, 0.29) is 17.7 Å². The molecule has 104 valence electrons. The van der Waals surface area contributed by atoms with Crippen LogP contribution in [-0.4, -0.2) is 35.5 Å². The van der Waals surface area contributed by atoms with E-state index in [2.05, 4.69) is 13.8 Å². The molecule has 1 rings (SSSR count). The minimum absolute atomic E-state index is 0.0367. The van der Waals surface area contributed by atoms with E-state index in [1.54, 1.807) is 0 Å². The largest absolute Gasteiger partial charge is 0.481 e. The summed E-state index contributed by atoms with van der Waals surface area (Å²) < 4.78 is 0. The molecular formula is C14H25NO3. The van der Waals surface area contributed by atoms with Crippen molar-refractivity contribution in [3.8, 4) is 0 Å². The Bertz CT molecular complexity index is 295. The zero-order valence-electron chi connectivity index (χ0n) is 11.7. The predicted molar refractivity (Wildman–Crippen MR) is 70.2 cm³/mol. The first-order valence-electron chi connectivity index (χ1n) is 6.93. The van der Waals surface area contributed by atoms with Crippen molar-refractivity contribution in [1.82, 2.24) is 4.90 Å². The van der Waals surface area contributed by atoms with E-state index in [4.69, 9.17) is 5.11 Å². The predicted octanol–water partition coefficient (Wildman–Crippen LogP) is 2.38. The highest BCUT2D eigenvalue weighted by atomic mass is 16.4. The Morgan fingerprint density at radius 2 is 1.72 bits per heavy atom. The van der Waals surface area contributed by atoms with E-state index in [0.717, 1.165) is 25.8 Å². The number of carboxylic acids is 1. The van der Waals surface area contributed by atoms with E-state index in [1.807, 2.05) is 11.9 Å². The topological polar surface area (TPSA) is 57.6 Å². The molecule has 0 aromatic rings. The van der Waals surface area contributed by atoms with Gasteiger partial charge in [0.1, 0.15) is 0 Å². The molecule has 0 heterocycles. The van der Waals surface area contributed by atoms with E-state index in [1.165, 1.54) is 0 Å². The van der Waals surface area contributed by atoms with Crippen molar-refractivity contribution in [2.24, 2.45) is 17.8 Å². The Morgan fingerprint density at radius 1 is 1.22 bits per heavy atom. The molecule has 0 radical (unpaired) electrons. The van der Waals surface area contributed by atoms with Crippen LogP contribution in [0.4, 0.5) is 0 Å². The summed E-state index contributed by atoms with van der Waals surface area (Å²) in [4.78, 5) is 24.9. The molecule has 0 aromatic carbocycles. The van der Waals surface area contributed by atoms with E-state index < -0.39 is 5.97 Å². The maximum absolute atomic E-state index is 12.2. The number of carboxylic acid groups (broad SMARTS) is 1. The fourth-order valence-corrected chi connectivity index (χ4v) is 2.59. The molecule has 1 saturated carbocycles. The van der Waals surface area contributed by atoms with Crippen molar-refractivity contribution >= 4 is 11.9 Å². The van der Waals surface area contributed by atoms with Gasteiger partial charge in [-0.05, 0) is 31.6 Å². The Hall–Kier alpha value is -1.06. The highest BCUT2D eigenvalue weighted by Crippen LogP contribution is 2.30. The van der Waals surface area contributed by atoms with Crippen molar-refractivity contribution in [3.05, 3.63) is 0 Å². The third kappa shape index (κ3) is 4.00. The first kappa shape index (κ1) is 15.0. The summed E-state index contributed by atoms with van der Waals surface area (Å²) in [5, 5.41) is 8.93. The lowest BCUT2D eigenvalue weighted by Crippen LogP contribution is -2.38. The maximum atomic E-state index is 12.2. The fourth-order valence-electron chi connectivity index (χ4n) is 2.59. The quantitative estimate of drug-likeness (QED) is 0.820. The summed E-state index contributed by atoms with van der Waals surface area (Å²) in [6.07, 6.45) is 3.80. The van der Waals surface area contributed by atoms with Gasteiger partial charge >= 0.3 is 5.97 Å². The van der Waals surface area contributed by atoms with E-state index in [0.29, 0.717) is 18.8 Å². The molecule has 0 aromatic heterocycles. The molecule has 18 heavy (non-hydrogen) atoms. The van der Waals surface area contributed by atoms with E-state index >= 15 is 0 Å². The second kappa shape index (κ2) is 6.76. The molecule has 4 nitrogen and oxygen atoms in total. The van der Waals surface area contributed by atoms with Crippen LogP contribution >= 0.6 is 0 Å². The molecule has 0 aliphatic heterocycles. The van der Waals surface area contributed by atoms with Crippen molar-refractivity contribution in [2.75, 3.05) is 13.6 Å². The second-order valence-electron chi connectivity index (χ2n) is 5.62. The SMILES string of the molecule is CCC(C)CN(C)C(=O)C1CCC(C(=O)O)CC1. The molecular weight excluding hydrogens is 230 g/mol. The van der Waals surface area contributed by atoms with Gasteiger partial charge in [-0.2, -0.15) is 0 Å².